The quantitative estimate of drug-likeness (QED) is 0.131. The molecule has 0 fully saturated rings. The summed E-state index contributed by atoms with van der Waals surface area (Å²) in [5.74, 6) is 0.254. The van der Waals surface area contributed by atoms with Gasteiger partial charge in [0, 0.05) is 19.5 Å². The predicted molar refractivity (Wildman–Crippen MR) is 157 cm³/mol. The van der Waals surface area contributed by atoms with Gasteiger partial charge in [-0.1, -0.05) is 107 Å². The van der Waals surface area contributed by atoms with Gasteiger partial charge in [-0.25, -0.2) is 0 Å². The van der Waals surface area contributed by atoms with Crippen molar-refractivity contribution in [3.8, 4) is 5.75 Å². The van der Waals surface area contributed by atoms with Crippen LogP contribution in [0.3, 0.4) is 0 Å². The van der Waals surface area contributed by atoms with Crippen molar-refractivity contribution in [2.24, 2.45) is 0 Å². The number of ether oxygens (including phenoxy) is 2. The van der Waals surface area contributed by atoms with Crippen molar-refractivity contribution in [1.29, 1.82) is 0 Å². The van der Waals surface area contributed by atoms with Crippen LogP contribution in [0.2, 0.25) is 5.02 Å². The smallest absolute Gasteiger partial charge is 0.302 e. The van der Waals surface area contributed by atoms with Crippen LogP contribution in [0.5, 0.6) is 5.75 Å². The normalized spacial score (nSPS) is 10.8. The van der Waals surface area contributed by atoms with E-state index in [1.165, 1.54) is 84.5 Å². The Morgan fingerprint density at radius 3 is 2.00 bits per heavy atom. The van der Waals surface area contributed by atoms with Crippen LogP contribution < -0.4 is 9.64 Å². The van der Waals surface area contributed by atoms with Crippen molar-refractivity contribution in [1.82, 2.24) is 0 Å². The number of rotatable bonds is 19. The maximum absolute atomic E-state index is 12.4. The van der Waals surface area contributed by atoms with Crippen LogP contribution in [-0.4, -0.2) is 18.5 Å². The second kappa shape index (κ2) is 18.7. The number of esters is 1. The van der Waals surface area contributed by atoms with Crippen LogP contribution >= 0.6 is 11.6 Å². The van der Waals surface area contributed by atoms with E-state index in [0.29, 0.717) is 23.9 Å². The van der Waals surface area contributed by atoms with Crippen molar-refractivity contribution < 1.29 is 19.1 Å². The van der Waals surface area contributed by atoms with Gasteiger partial charge in [0.05, 0.1) is 18.2 Å². The molecule has 38 heavy (non-hydrogen) atoms. The van der Waals surface area contributed by atoms with Gasteiger partial charge in [-0.05, 0) is 41.8 Å². The molecule has 5 nitrogen and oxygen atoms in total. The molecule has 0 aliphatic heterocycles. The van der Waals surface area contributed by atoms with Crippen LogP contribution in [0, 0.1) is 0 Å². The SMILES string of the molecule is CCCCCCCCCCCCCCOc1ccc(CN(C(C)=O)c2cccc(COC(C)=O)c2)cc1Cl. The highest BCUT2D eigenvalue weighted by molar-refractivity contribution is 6.32. The van der Waals surface area contributed by atoms with E-state index in [0.717, 1.165) is 23.2 Å². The molecule has 0 spiro atoms. The second-order valence-corrected chi connectivity index (χ2v) is 10.5. The lowest BCUT2D eigenvalue weighted by molar-refractivity contribution is -0.142. The largest absolute Gasteiger partial charge is 0.492 e. The number of hydrogen-bond acceptors (Lipinski definition) is 4. The molecule has 2 aromatic rings. The lowest BCUT2D eigenvalue weighted by atomic mass is 10.1. The average Bonchev–Trinajstić information content (AvgIpc) is 2.89. The molecule has 1 amide bonds. The molecule has 2 rings (SSSR count). The molecular weight excluding hydrogens is 498 g/mol. The number of anilines is 1. The van der Waals surface area contributed by atoms with Crippen molar-refractivity contribution in [2.45, 2.75) is 111 Å². The van der Waals surface area contributed by atoms with Crippen molar-refractivity contribution in [3.05, 3.63) is 58.6 Å². The lowest BCUT2D eigenvalue weighted by Gasteiger charge is -2.22. The van der Waals surface area contributed by atoms with Crippen molar-refractivity contribution in [3.63, 3.8) is 0 Å². The summed E-state index contributed by atoms with van der Waals surface area (Å²) in [6, 6.07) is 13.1. The topological polar surface area (TPSA) is 55.8 Å². The number of nitrogens with zero attached hydrogens (tertiary/aromatic N) is 1. The van der Waals surface area contributed by atoms with Crippen molar-refractivity contribution in [2.75, 3.05) is 11.5 Å². The van der Waals surface area contributed by atoms with Gasteiger partial charge < -0.3 is 14.4 Å². The molecule has 0 aliphatic rings. The molecule has 0 bridgehead atoms. The van der Waals surface area contributed by atoms with E-state index in [2.05, 4.69) is 6.92 Å². The third-order valence-corrected chi connectivity index (χ3v) is 6.93. The first-order valence-electron chi connectivity index (χ1n) is 14.3. The zero-order valence-corrected chi connectivity index (χ0v) is 24.4. The van der Waals surface area contributed by atoms with E-state index in [4.69, 9.17) is 21.1 Å². The molecule has 0 atom stereocenters. The minimum atomic E-state index is -0.338. The summed E-state index contributed by atoms with van der Waals surface area (Å²) in [6.07, 6.45) is 15.8. The number of unbranched alkanes of at least 4 members (excludes halogenated alkanes) is 11. The van der Waals surface area contributed by atoms with E-state index >= 15 is 0 Å². The highest BCUT2D eigenvalue weighted by atomic mass is 35.5. The molecule has 0 radical (unpaired) electrons. The van der Waals surface area contributed by atoms with Crippen LogP contribution in [-0.2, 0) is 27.5 Å². The Bertz CT molecular complexity index is 978. The number of benzene rings is 2. The molecule has 2 aromatic carbocycles. The lowest BCUT2D eigenvalue weighted by Crippen LogP contribution is -2.27. The molecule has 0 saturated heterocycles. The summed E-state index contributed by atoms with van der Waals surface area (Å²) in [5.41, 5.74) is 2.47. The first-order chi connectivity index (χ1) is 18.4. The van der Waals surface area contributed by atoms with Crippen LogP contribution in [0.15, 0.2) is 42.5 Å². The van der Waals surface area contributed by atoms with E-state index in [1.54, 1.807) is 4.90 Å². The number of carbonyl (C=O) groups excluding carboxylic acids is 2. The van der Waals surface area contributed by atoms with Crippen molar-refractivity contribution >= 4 is 29.2 Å². The Labute approximate surface area is 234 Å². The number of hydrogen-bond donors (Lipinski definition) is 0. The van der Waals surface area contributed by atoms with E-state index in [-0.39, 0.29) is 18.5 Å². The zero-order valence-electron chi connectivity index (χ0n) is 23.6. The third kappa shape index (κ3) is 12.8. The highest BCUT2D eigenvalue weighted by Gasteiger charge is 2.14. The van der Waals surface area contributed by atoms with Gasteiger partial charge in [0.25, 0.3) is 0 Å². The molecule has 0 unspecified atom stereocenters. The van der Waals surface area contributed by atoms with Gasteiger partial charge in [-0.3, -0.25) is 9.59 Å². The maximum Gasteiger partial charge on any atom is 0.302 e. The number of carbonyl (C=O) groups is 2. The van der Waals surface area contributed by atoms with Gasteiger partial charge in [0.15, 0.2) is 0 Å². The number of amides is 1. The summed E-state index contributed by atoms with van der Waals surface area (Å²) in [6.45, 7) is 6.39. The van der Waals surface area contributed by atoms with Gasteiger partial charge in [-0.15, -0.1) is 0 Å². The molecule has 0 aliphatic carbocycles. The monoisotopic (exact) mass is 543 g/mol. The third-order valence-electron chi connectivity index (χ3n) is 6.64. The Morgan fingerprint density at radius 1 is 0.789 bits per heavy atom. The molecule has 6 heteroatoms. The molecule has 0 saturated carbocycles. The average molecular weight is 544 g/mol. The summed E-state index contributed by atoms with van der Waals surface area (Å²) in [7, 11) is 0. The summed E-state index contributed by atoms with van der Waals surface area (Å²) >= 11 is 6.51. The van der Waals surface area contributed by atoms with Crippen LogP contribution in [0.4, 0.5) is 5.69 Å². The van der Waals surface area contributed by atoms with Gasteiger partial charge in [0.1, 0.15) is 12.4 Å². The van der Waals surface area contributed by atoms with Crippen LogP contribution in [0.1, 0.15) is 109 Å². The standard InChI is InChI=1S/C32H46ClNO4/c1-4-5-6-7-8-9-10-11-12-13-14-15-21-37-32-20-19-28(23-31(32)33)24-34(26(2)35)30-18-16-17-29(22-30)25-38-27(3)36/h16-20,22-23H,4-15,21,24-25H2,1-3H3. The van der Waals surface area contributed by atoms with Crippen LogP contribution in [0.25, 0.3) is 0 Å². The fourth-order valence-electron chi connectivity index (χ4n) is 4.45. The fraction of sp³-hybridized carbons (Fsp3) is 0.562. The Morgan fingerprint density at radius 2 is 1.42 bits per heavy atom. The predicted octanol–water partition coefficient (Wildman–Crippen LogP) is 9.04. The Hall–Kier alpha value is -2.53. The molecular formula is C32H46ClNO4. The Balaban J connectivity index is 1.73. The summed E-state index contributed by atoms with van der Waals surface area (Å²) < 4.78 is 11.0. The summed E-state index contributed by atoms with van der Waals surface area (Å²) in [4.78, 5) is 25.2. The molecule has 210 valence electrons. The van der Waals surface area contributed by atoms with Gasteiger partial charge in [0.2, 0.25) is 5.91 Å². The van der Waals surface area contributed by atoms with E-state index in [9.17, 15) is 9.59 Å². The molecule has 0 aromatic heterocycles. The zero-order chi connectivity index (χ0) is 27.6. The van der Waals surface area contributed by atoms with E-state index < -0.39 is 0 Å². The van der Waals surface area contributed by atoms with Gasteiger partial charge >= 0.3 is 5.97 Å². The number of halogens is 1. The first kappa shape index (κ1) is 31.7. The molecule has 0 N–H and O–H groups in total. The first-order valence-corrected chi connectivity index (χ1v) is 14.7. The minimum Gasteiger partial charge on any atom is -0.492 e. The molecule has 0 heterocycles. The Kier molecular flexibility index (Phi) is 15.6. The fourth-order valence-corrected chi connectivity index (χ4v) is 4.71. The van der Waals surface area contributed by atoms with E-state index in [1.807, 2.05) is 42.5 Å². The highest BCUT2D eigenvalue weighted by Crippen LogP contribution is 2.28. The van der Waals surface area contributed by atoms with Gasteiger partial charge in [-0.2, -0.15) is 0 Å². The summed E-state index contributed by atoms with van der Waals surface area (Å²) in [5, 5.41) is 0.550. The minimum absolute atomic E-state index is 0.0851. The second-order valence-electron chi connectivity index (χ2n) is 10.1. The maximum atomic E-state index is 12.4.